The molecule has 0 amide bonds. The second kappa shape index (κ2) is 6.36. The molecular weight excluding hydrogens is 347 g/mol. The SMILES string of the molecule is FC(F)(F)c1nsc(N2CCC(OCCBr)CC2)n1. The molecule has 0 unspecified atom stereocenters. The summed E-state index contributed by atoms with van der Waals surface area (Å²) in [7, 11) is 0. The Morgan fingerprint density at radius 3 is 2.58 bits per heavy atom. The zero-order valence-electron chi connectivity index (χ0n) is 9.99. The van der Waals surface area contributed by atoms with Gasteiger partial charge in [0.25, 0.3) is 0 Å². The van der Waals surface area contributed by atoms with Crippen molar-refractivity contribution in [2.24, 2.45) is 0 Å². The van der Waals surface area contributed by atoms with Gasteiger partial charge in [-0.05, 0) is 12.8 Å². The standard InChI is InChI=1S/C10H13BrF3N3OS/c11-3-6-18-7-1-4-17(5-2-7)9-15-8(16-19-9)10(12,13)14/h7H,1-6H2. The Morgan fingerprint density at radius 2 is 2.05 bits per heavy atom. The lowest BCUT2D eigenvalue weighted by Crippen LogP contribution is -2.37. The summed E-state index contributed by atoms with van der Waals surface area (Å²) < 4.78 is 46.2. The van der Waals surface area contributed by atoms with E-state index in [9.17, 15) is 13.2 Å². The van der Waals surface area contributed by atoms with E-state index < -0.39 is 12.0 Å². The molecule has 1 aliphatic rings. The minimum atomic E-state index is -4.47. The maximum atomic E-state index is 12.4. The highest BCUT2D eigenvalue weighted by Crippen LogP contribution is 2.31. The number of hydrogen-bond acceptors (Lipinski definition) is 5. The number of aromatic nitrogens is 2. The van der Waals surface area contributed by atoms with Gasteiger partial charge in [-0.3, -0.25) is 0 Å². The summed E-state index contributed by atoms with van der Waals surface area (Å²) in [5, 5.41) is 1.13. The van der Waals surface area contributed by atoms with Crippen LogP contribution in [0.1, 0.15) is 18.7 Å². The number of hydrogen-bond donors (Lipinski definition) is 0. The number of anilines is 1. The van der Waals surface area contributed by atoms with Crippen LogP contribution in [0.15, 0.2) is 0 Å². The summed E-state index contributed by atoms with van der Waals surface area (Å²) >= 11 is 4.09. The molecule has 1 aliphatic heterocycles. The van der Waals surface area contributed by atoms with Crippen molar-refractivity contribution in [2.45, 2.75) is 25.1 Å². The quantitative estimate of drug-likeness (QED) is 0.774. The van der Waals surface area contributed by atoms with Gasteiger partial charge >= 0.3 is 6.18 Å². The van der Waals surface area contributed by atoms with Gasteiger partial charge in [0.2, 0.25) is 11.0 Å². The van der Waals surface area contributed by atoms with E-state index in [1.54, 1.807) is 0 Å². The van der Waals surface area contributed by atoms with Gasteiger partial charge in [-0.2, -0.15) is 22.5 Å². The molecule has 2 rings (SSSR count). The van der Waals surface area contributed by atoms with E-state index in [-0.39, 0.29) is 6.10 Å². The lowest BCUT2D eigenvalue weighted by Gasteiger charge is -2.31. The van der Waals surface area contributed by atoms with Crippen molar-refractivity contribution in [1.29, 1.82) is 0 Å². The Morgan fingerprint density at radius 1 is 1.37 bits per heavy atom. The van der Waals surface area contributed by atoms with Crippen molar-refractivity contribution in [3.05, 3.63) is 5.82 Å². The molecule has 0 saturated carbocycles. The fourth-order valence-electron chi connectivity index (χ4n) is 1.88. The molecule has 1 aromatic rings. The van der Waals surface area contributed by atoms with Crippen LogP contribution in [0.25, 0.3) is 0 Å². The minimum absolute atomic E-state index is 0.184. The van der Waals surface area contributed by atoms with E-state index in [0.717, 1.165) is 29.7 Å². The highest BCUT2D eigenvalue weighted by atomic mass is 79.9. The van der Waals surface area contributed by atoms with E-state index in [0.29, 0.717) is 24.8 Å². The van der Waals surface area contributed by atoms with Gasteiger partial charge in [0.1, 0.15) is 0 Å². The molecule has 0 radical (unpaired) electrons. The van der Waals surface area contributed by atoms with Crippen LogP contribution in [-0.4, -0.2) is 40.5 Å². The summed E-state index contributed by atoms with van der Waals surface area (Å²) in [5.74, 6) is -1.05. The number of nitrogens with zero attached hydrogens (tertiary/aromatic N) is 3. The first kappa shape index (κ1) is 15.0. The van der Waals surface area contributed by atoms with Crippen LogP contribution in [-0.2, 0) is 10.9 Å². The van der Waals surface area contributed by atoms with Gasteiger partial charge in [0.05, 0.1) is 12.7 Å². The minimum Gasteiger partial charge on any atom is -0.377 e. The summed E-state index contributed by atoms with van der Waals surface area (Å²) in [6.45, 7) is 1.96. The predicted molar refractivity (Wildman–Crippen MR) is 69.9 cm³/mol. The fraction of sp³-hybridized carbons (Fsp3) is 0.800. The third-order valence-corrected chi connectivity index (χ3v) is 3.91. The van der Waals surface area contributed by atoms with E-state index in [4.69, 9.17) is 4.74 Å². The summed E-state index contributed by atoms with van der Waals surface area (Å²) in [4.78, 5) is 5.39. The molecule has 0 aliphatic carbocycles. The molecule has 19 heavy (non-hydrogen) atoms. The van der Waals surface area contributed by atoms with Crippen LogP contribution in [0.5, 0.6) is 0 Å². The normalized spacial score (nSPS) is 18.0. The highest BCUT2D eigenvalue weighted by Gasteiger charge is 2.37. The smallest absolute Gasteiger partial charge is 0.377 e. The van der Waals surface area contributed by atoms with Crippen molar-refractivity contribution in [3.63, 3.8) is 0 Å². The largest absolute Gasteiger partial charge is 0.452 e. The Bertz CT molecular complexity index is 407. The third-order valence-electron chi connectivity index (χ3n) is 2.81. The summed E-state index contributed by atoms with van der Waals surface area (Å²) in [5.41, 5.74) is 0. The fourth-order valence-corrected chi connectivity index (χ4v) is 2.81. The van der Waals surface area contributed by atoms with Gasteiger partial charge in [-0.25, -0.2) is 0 Å². The van der Waals surface area contributed by atoms with Gasteiger partial charge in [-0.1, -0.05) is 15.9 Å². The van der Waals surface area contributed by atoms with Crippen molar-refractivity contribution in [3.8, 4) is 0 Å². The Labute approximate surface area is 121 Å². The monoisotopic (exact) mass is 359 g/mol. The van der Waals surface area contributed by atoms with E-state index >= 15 is 0 Å². The van der Waals surface area contributed by atoms with Crippen LogP contribution in [0.2, 0.25) is 0 Å². The number of rotatable bonds is 4. The lowest BCUT2D eigenvalue weighted by molar-refractivity contribution is -0.144. The first-order chi connectivity index (χ1) is 9.00. The molecule has 0 aromatic carbocycles. The maximum Gasteiger partial charge on any atom is 0.452 e. The first-order valence-electron chi connectivity index (χ1n) is 5.84. The van der Waals surface area contributed by atoms with Crippen molar-refractivity contribution in [1.82, 2.24) is 9.36 Å². The van der Waals surface area contributed by atoms with Crippen molar-refractivity contribution >= 4 is 32.6 Å². The molecule has 0 spiro atoms. The molecule has 4 nitrogen and oxygen atoms in total. The van der Waals surface area contributed by atoms with Crippen molar-refractivity contribution in [2.75, 3.05) is 29.9 Å². The molecule has 0 atom stereocenters. The molecule has 1 fully saturated rings. The molecule has 108 valence electrons. The Balaban J connectivity index is 1.89. The van der Waals surface area contributed by atoms with Crippen molar-refractivity contribution < 1.29 is 17.9 Å². The number of ether oxygens (including phenoxy) is 1. The van der Waals surface area contributed by atoms with Crippen LogP contribution in [0.3, 0.4) is 0 Å². The molecule has 1 aromatic heterocycles. The summed E-state index contributed by atoms with van der Waals surface area (Å²) in [6.07, 6.45) is -2.68. The zero-order valence-corrected chi connectivity index (χ0v) is 12.4. The number of alkyl halides is 4. The third kappa shape index (κ3) is 4.03. The molecule has 0 N–H and O–H groups in total. The molecule has 0 bridgehead atoms. The van der Waals surface area contributed by atoms with Crippen LogP contribution < -0.4 is 4.90 Å². The highest BCUT2D eigenvalue weighted by molar-refractivity contribution is 9.09. The average molecular weight is 360 g/mol. The Hall–Kier alpha value is -0.410. The molecule has 1 saturated heterocycles. The number of piperidine rings is 1. The molecule has 2 heterocycles. The van der Waals surface area contributed by atoms with Crippen LogP contribution >= 0.6 is 27.5 Å². The van der Waals surface area contributed by atoms with Gasteiger partial charge in [0, 0.05) is 30.0 Å². The summed E-state index contributed by atoms with van der Waals surface area (Å²) in [6, 6.07) is 0. The van der Waals surface area contributed by atoms with E-state index in [1.807, 2.05) is 4.90 Å². The van der Waals surface area contributed by atoms with Crippen LogP contribution in [0.4, 0.5) is 18.3 Å². The molecule has 9 heteroatoms. The van der Waals surface area contributed by atoms with E-state index in [2.05, 4.69) is 25.3 Å². The van der Waals surface area contributed by atoms with Gasteiger partial charge in [0.15, 0.2) is 0 Å². The Kier molecular flexibility index (Phi) is 5.02. The second-order valence-corrected chi connectivity index (χ2v) is 5.67. The van der Waals surface area contributed by atoms with Crippen LogP contribution in [0, 0.1) is 0 Å². The van der Waals surface area contributed by atoms with Gasteiger partial charge < -0.3 is 9.64 Å². The first-order valence-corrected chi connectivity index (χ1v) is 7.73. The zero-order chi connectivity index (χ0) is 13.9. The second-order valence-electron chi connectivity index (χ2n) is 4.14. The number of halogens is 4. The maximum absolute atomic E-state index is 12.4. The average Bonchev–Trinajstić information content (AvgIpc) is 2.86. The molecular formula is C10H13BrF3N3OS. The topological polar surface area (TPSA) is 38.2 Å². The van der Waals surface area contributed by atoms with Gasteiger partial charge in [-0.15, -0.1) is 0 Å². The van der Waals surface area contributed by atoms with E-state index in [1.165, 1.54) is 0 Å². The predicted octanol–water partition coefficient (Wildman–Crippen LogP) is 2.94. The lowest BCUT2D eigenvalue weighted by atomic mass is 10.1.